The van der Waals surface area contributed by atoms with Crippen LogP contribution in [0.4, 0.5) is 0 Å². The van der Waals surface area contributed by atoms with Crippen LogP contribution in [0, 0.1) is 11.8 Å². The van der Waals surface area contributed by atoms with E-state index < -0.39 is 0 Å². The molecular formula is C22H35N5O2. The molecule has 3 aliphatic heterocycles. The summed E-state index contributed by atoms with van der Waals surface area (Å²) in [6.45, 7) is 8.23. The highest BCUT2D eigenvalue weighted by molar-refractivity contribution is 5.92. The molecule has 0 aliphatic carbocycles. The molecule has 7 heteroatoms. The Balaban J connectivity index is 1.52. The fourth-order valence-electron chi connectivity index (χ4n) is 5.82. The molecular weight excluding hydrogens is 366 g/mol. The third-order valence-electron chi connectivity index (χ3n) is 7.13. The number of amides is 2. The monoisotopic (exact) mass is 401 g/mol. The van der Waals surface area contributed by atoms with E-state index in [0.717, 1.165) is 26.1 Å². The zero-order valence-electron chi connectivity index (χ0n) is 17.8. The van der Waals surface area contributed by atoms with E-state index in [4.69, 9.17) is 0 Å². The van der Waals surface area contributed by atoms with Gasteiger partial charge in [0.15, 0.2) is 0 Å². The number of nitrogens with one attached hydrogen (secondary N) is 1. The molecule has 3 aliphatic rings. The van der Waals surface area contributed by atoms with Gasteiger partial charge in [-0.05, 0) is 57.1 Å². The van der Waals surface area contributed by atoms with Crippen molar-refractivity contribution in [1.29, 1.82) is 0 Å². The van der Waals surface area contributed by atoms with Gasteiger partial charge in [-0.15, -0.1) is 0 Å². The Bertz CT molecular complexity index is 733. The van der Waals surface area contributed by atoms with Crippen LogP contribution in [0.5, 0.6) is 0 Å². The highest BCUT2D eigenvalue weighted by Crippen LogP contribution is 2.41. The number of aryl methyl sites for hydroxylation is 1. The number of carbonyl (C=O) groups is 2. The standard InChI is InChI=1S/C22H35N5O2/c1-3-7-21(28)23-13-20-17-12-16(18-8-5-6-11-26(18)20)14-25(15-17)22(29)19-9-10-24-27(19)4-2/h9-10,16-18,20H,3-8,11-15H2,1-2H3,(H,23,28)/t16-,17-,18-,20-/m0/s1. The lowest BCUT2D eigenvalue weighted by molar-refractivity contribution is -0.122. The summed E-state index contributed by atoms with van der Waals surface area (Å²) in [5.41, 5.74) is 0.695. The minimum atomic E-state index is 0.108. The van der Waals surface area contributed by atoms with Crippen LogP contribution in [0.3, 0.4) is 0 Å². The molecule has 4 rings (SSSR count). The third-order valence-corrected chi connectivity index (χ3v) is 7.13. The summed E-state index contributed by atoms with van der Waals surface area (Å²) in [6.07, 6.45) is 8.09. The van der Waals surface area contributed by atoms with Crippen LogP contribution in [0.25, 0.3) is 0 Å². The molecule has 1 aromatic heterocycles. The molecule has 0 unspecified atom stereocenters. The lowest BCUT2D eigenvalue weighted by Crippen LogP contribution is -2.66. The molecule has 0 radical (unpaired) electrons. The fraction of sp³-hybridized carbons (Fsp3) is 0.773. The van der Waals surface area contributed by atoms with Gasteiger partial charge in [-0.25, -0.2) is 0 Å². The Morgan fingerprint density at radius 3 is 2.83 bits per heavy atom. The molecule has 0 saturated carbocycles. The first kappa shape index (κ1) is 20.4. The molecule has 0 spiro atoms. The van der Waals surface area contributed by atoms with Crippen molar-refractivity contribution in [2.24, 2.45) is 11.8 Å². The van der Waals surface area contributed by atoms with E-state index in [1.54, 1.807) is 10.9 Å². The van der Waals surface area contributed by atoms with Crippen molar-refractivity contribution >= 4 is 11.8 Å². The van der Waals surface area contributed by atoms with Crippen LogP contribution in [0.2, 0.25) is 0 Å². The average Bonchev–Trinajstić information content (AvgIpc) is 3.22. The molecule has 4 heterocycles. The van der Waals surface area contributed by atoms with Gasteiger partial charge in [0.05, 0.1) is 0 Å². The molecule has 0 aromatic carbocycles. The minimum Gasteiger partial charge on any atom is -0.355 e. The summed E-state index contributed by atoms with van der Waals surface area (Å²) in [5, 5.41) is 7.46. The third kappa shape index (κ3) is 4.06. The quantitative estimate of drug-likeness (QED) is 0.793. The number of aromatic nitrogens is 2. The second-order valence-corrected chi connectivity index (χ2v) is 8.92. The second-order valence-electron chi connectivity index (χ2n) is 8.92. The summed E-state index contributed by atoms with van der Waals surface area (Å²) < 4.78 is 1.79. The number of likely N-dealkylation sites (tertiary alicyclic amines) is 1. The lowest BCUT2D eigenvalue weighted by Gasteiger charge is -2.56. The van der Waals surface area contributed by atoms with Crippen molar-refractivity contribution in [3.63, 3.8) is 0 Å². The Morgan fingerprint density at radius 1 is 1.21 bits per heavy atom. The van der Waals surface area contributed by atoms with Crippen LogP contribution in [-0.2, 0) is 11.3 Å². The number of nitrogens with zero attached hydrogens (tertiary/aromatic N) is 4. The maximum Gasteiger partial charge on any atom is 0.272 e. The van der Waals surface area contributed by atoms with E-state index in [2.05, 4.69) is 20.2 Å². The first-order valence-corrected chi connectivity index (χ1v) is 11.5. The molecule has 29 heavy (non-hydrogen) atoms. The minimum absolute atomic E-state index is 0.108. The lowest BCUT2D eigenvalue weighted by atomic mass is 9.72. The van der Waals surface area contributed by atoms with Gasteiger partial charge >= 0.3 is 0 Å². The van der Waals surface area contributed by atoms with Crippen molar-refractivity contribution < 1.29 is 9.59 Å². The topological polar surface area (TPSA) is 70.5 Å². The average molecular weight is 402 g/mol. The summed E-state index contributed by atoms with van der Waals surface area (Å²) in [4.78, 5) is 30.1. The smallest absolute Gasteiger partial charge is 0.272 e. The number of piperidine rings is 3. The summed E-state index contributed by atoms with van der Waals surface area (Å²) in [7, 11) is 0. The van der Waals surface area contributed by atoms with Crippen molar-refractivity contribution in [3.05, 3.63) is 18.0 Å². The van der Waals surface area contributed by atoms with E-state index >= 15 is 0 Å². The Kier molecular flexibility index (Phi) is 6.23. The maximum absolute atomic E-state index is 13.3. The first-order valence-electron chi connectivity index (χ1n) is 11.5. The van der Waals surface area contributed by atoms with Crippen molar-refractivity contribution in [2.75, 3.05) is 26.2 Å². The molecule has 3 saturated heterocycles. The first-order chi connectivity index (χ1) is 14.1. The Labute approximate surface area is 173 Å². The van der Waals surface area contributed by atoms with Crippen molar-refractivity contribution in [1.82, 2.24) is 24.9 Å². The molecule has 160 valence electrons. The maximum atomic E-state index is 13.3. The van der Waals surface area contributed by atoms with Gasteiger partial charge in [0.1, 0.15) is 5.69 Å². The Morgan fingerprint density at radius 2 is 2.03 bits per heavy atom. The van der Waals surface area contributed by atoms with E-state index in [9.17, 15) is 9.59 Å². The second kappa shape index (κ2) is 8.86. The van der Waals surface area contributed by atoms with Crippen molar-refractivity contribution in [2.45, 2.75) is 71.0 Å². The number of hydrogen-bond donors (Lipinski definition) is 1. The molecule has 1 aromatic rings. The van der Waals surface area contributed by atoms with Gasteiger partial charge in [-0.1, -0.05) is 13.3 Å². The zero-order valence-corrected chi connectivity index (χ0v) is 17.8. The van der Waals surface area contributed by atoms with Gasteiger partial charge < -0.3 is 10.2 Å². The summed E-state index contributed by atoms with van der Waals surface area (Å²) >= 11 is 0. The SMILES string of the molecule is CCCC(=O)NC[C@H]1[C@H]2C[C@@H](CN(C(=O)c3ccnn3CC)C2)[C@@H]2CCCCN21. The number of hydrogen-bond acceptors (Lipinski definition) is 4. The van der Waals surface area contributed by atoms with Crippen LogP contribution in [-0.4, -0.2) is 69.7 Å². The van der Waals surface area contributed by atoms with Gasteiger partial charge in [0.25, 0.3) is 5.91 Å². The van der Waals surface area contributed by atoms with Crippen molar-refractivity contribution in [3.8, 4) is 0 Å². The zero-order chi connectivity index (χ0) is 20.4. The van der Waals surface area contributed by atoms with Crippen LogP contribution in [0.1, 0.15) is 62.9 Å². The number of carbonyl (C=O) groups excluding carboxylic acids is 2. The van der Waals surface area contributed by atoms with Gasteiger partial charge in [0, 0.05) is 50.9 Å². The summed E-state index contributed by atoms with van der Waals surface area (Å²) in [6, 6.07) is 2.72. The van der Waals surface area contributed by atoms with E-state index in [0.29, 0.717) is 49.1 Å². The largest absolute Gasteiger partial charge is 0.355 e. The van der Waals surface area contributed by atoms with Crippen LogP contribution in [0.15, 0.2) is 12.3 Å². The highest BCUT2D eigenvalue weighted by atomic mass is 16.2. The van der Waals surface area contributed by atoms with Gasteiger partial charge in [0.2, 0.25) is 5.91 Å². The fourth-order valence-corrected chi connectivity index (χ4v) is 5.82. The molecule has 7 nitrogen and oxygen atoms in total. The molecule has 4 atom stereocenters. The predicted octanol–water partition coefficient (Wildman–Crippen LogP) is 2.13. The van der Waals surface area contributed by atoms with Crippen LogP contribution < -0.4 is 5.32 Å². The summed E-state index contributed by atoms with van der Waals surface area (Å²) in [5.74, 6) is 1.22. The predicted molar refractivity (Wildman–Crippen MR) is 111 cm³/mol. The normalized spacial score (nSPS) is 29.4. The molecule has 3 fully saturated rings. The molecule has 2 amide bonds. The Hall–Kier alpha value is -1.89. The van der Waals surface area contributed by atoms with E-state index in [1.807, 2.05) is 19.9 Å². The van der Waals surface area contributed by atoms with E-state index in [-0.39, 0.29) is 11.8 Å². The number of fused-ring (bicyclic) bond motifs is 4. The molecule has 2 bridgehead atoms. The van der Waals surface area contributed by atoms with Gasteiger partial charge in [-0.3, -0.25) is 19.2 Å². The van der Waals surface area contributed by atoms with E-state index in [1.165, 1.54) is 25.7 Å². The van der Waals surface area contributed by atoms with Gasteiger partial charge in [-0.2, -0.15) is 5.10 Å². The molecule has 1 N–H and O–H groups in total. The van der Waals surface area contributed by atoms with Crippen LogP contribution >= 0.6 is 0 Å². The highest BCUT2D eigenvalue weighted by Gasteiger charge is 2.48. The number of rotatable bonds is 6.